The summed E-state index contributed by atoms with van der Waals surface area (Å²) in [5.74, 6) is 3.41. The fourth-order valence-corrected chi connectivity index (χ4v) is 1.39. The molecule has 1 heterocycles. The van der Waals surface area contributed by atoms with Crippen molar-refractivity contribution in [3.63, 3.8) is 0 Å². The number of anilines is 3. The summed E-state index contributed by atoms with van der Waals surface area (Å²) in [5.41, 5.74) is 2.02. The number of nitrogens with two attached hydrogens (primary N) is 1. The molecule has 2 aromatic rings. The van der Waals surface area contributed by atoms with Crippen molar-refractivity contribution in [3.8, 4) is 6.07 Å². The number of nitrogens with zero attached hydrogens (tertiary/aromatic N) is 3. The number of aromatic nitrogens is 2. The molecule has 2 rings (SSSR count). The number of benzene rings is 1. The molecule has 96 valence electrons. The Morgan fingerprint density at radius 1 is 1.26 bits per heavy atom. The van der Waals surface area contributed by atoms with E-state index in [1.165, 1.54) is 12.1 Å². The molecule has 0 unspecified atom stereocenters. The predicted octanol–water partition coefficient (Wildman–Crippen LogP) is 1.66. The highest BCUT2D eigenvalue weighted by molar-refractivity contribution is 5.65. The smallest absolute Gasteiger partial charge is 0.239 e. The van der Waals surface area contributed by atoms with Gasteiger partial charge in [0.15, 0.2) is 11.6 Å². The van der Waals surface area contributed by atoms with Crippen molar-refractivity contribution >= 4 is 17.5 Å². The van der Waals surface area contributed by atoms with Gasteiger partial charge in [-0.3, -0.25) is 5.43 Å². The van der Waals surface area contributed by atoms with Crippen LogP contribution in [0.15, 0.2) is 24.4 Å². The monoisotopic (exact) mass is 262 g/mol. The van der Waals surface area contributed by atoms with Gasteiger partial charge in [-0.1, -0.05) is 6.07 Å². The van der Waals surface area contributed by atoms with Gasteiger partial charge in [-0.05, 0) is 12.1 Å². The van der Waals surface area contributed by atoms with Crippen LogP contribution in [0.4, 0.5) is 26.2 Å². The lowest BCUT2D eigenvalue weighted by Crippen LogP contribution is -2.12. The van der Waals surface area contributed by atoms with E-state index in [0.29, 0.717) is 0 Å². The second-order valence-electron chi connectivity index (χ2n) is 3.43. The van der Waals surface area contributed by atoms with E-state index in [1.54, 1.807) is 6.07 Å². The normalized spacial score (nSPS) is 9.79. The van der Waals surface area contributed by atoms with Crippen molar-refractivity contribution in [2.75, 3.05) is 10.7 Å². The van der Waals surface area contributed by atoms with Gasteiger partial charge in [-0.25, -0.2) is 19.6 Å². The quantitative estimate of drug-likeness (QED) is 0.574. The molecule has 6 nitrogen and oxygen atoms in total. The number of rotatable bonds is 3. The van der Waals surface area contributed by atoms with Crippen LogP contribution < -0.4 is 16.6 Å². The van der Waals surface area contributed by atoms with Crippen molar-refractivity contribution in [1.29, 1.82) is 5.26 Å². The van der Waals surface area contributed by atoms with Crippen LogP contribution >= 0.6 is 0 Å². The van der Waals surface area contributed by atoms with Gasteiger partial charge in [0, 0.05) is 0 Å². The first-order valence-corrected chi connectivity index (χ1v) is 5.10. The Hall–Kier alpha value is -2.79. The van der Waals surface area contributed by atoms with E-state index in [1.807, 2.05) is 0 Å². The van der Waals surface area contributed by atoms with Crippen molar-refractivity contribution < 1.29 is 8.78 Å². The summed E-state index contributed by atoms with van der Waals surface area (Å²) in [5, 5.41) is 11.4. The highest BCUT2D eigenvalue weighted by Gasteiger charge is 2.12. The molecule has 8 heteroatoms. The summed E-state index contributed by atoms with van der Waals surface area (Å²) in [4.78, 5) is 7.28. The van der Waals surface area contributed by atoms with E-state index in [0.717, 1.165) is 12.3 Å². The van der Waals surface area contributed by atoms with Crippen molar-refractivity contribution in [2.24, 2.45) is 5.84 Å². The molecule has 0 aliphatic rings. The van der Waals surface area contributed by atoms with E-state index < -0.39 is 11.6 Å². The van der Waals surface area contributed by atoms with Gasteiger partial charge in [-0.2, -0.15) is 10.2 Å². The molecule has 0 amide bonds. The van der Waals surface area contributed by atoms with E-state index >= 15 is 0 Å². The molecule has 0 bridgehead atoms. The SMILES string of the molecule is N#Cc1c(F)cccc1Nc1nc(NN)ncc1F. The van der Waals surface area contributed by atoms with Gasteiger partial charge in [0.2, 0.25) is 5.95 Å². The summed E-state index contributed by atoms with van der Waals surface area (Å²) in [6.07, 6.45) is 0.899. The standard InChI is InChI=1S/C11H8F2N6/c12-7-2-1-3-9(6(7)4-14)17-10-8(13)5-16-11(18-10)19-15/h1-3,5H,15H2,(H2,16,17,18,19). The number of nitrogen functional groups attached to an aromatic ring is 1. The second-order valence-corrected chi connectivity index (χ2v) is 3.43. The van der Waals surface area contributed by atoms with Gasteiger partial charge in [-0.15, -0.1) is 0 Å². The van der Waals surface area contributed by atoms with Crippen molar-refractivity contribution in [1.82, 2.24) is 9.97 Å². The minimum Gasteiger partial charge on any atom is -0.336 e. The van der Waals surface area contributed by atoms with Crippen LogP contribution in [0.1, 0.15) is 5.56 Å². The molecule has 0 radical (unpaired) electrons. The highest BCUT2D eigenvalue weighted by atomic mass is 19.1. The highest BCUT2D eigenvalue weighted by Crippen LogP contribution is 2.23. The Morgan fingerprint density at radius 3 is 2.74 bits per heavy atom. The van der Waals surface area contributed by atoms with Gasteiger partial charge in [0.25, 0.3) is 0 Å². The zero-order valence-electron chi connectivity index (χ0n) is 9.48. The maximum Gasteiger partial charge on any atom is 0.239 e. The molecule has 0 atom stereocenters. The van der Waals surface area contributed by atoms with Crippen LogP contribution in [-0.4, -0.2) is 9.97 Å². The van der Waals surface area contributed by atoms with Crippen LogP contribution in [-0.2, 0) is 0 Å². The lowest BCUT2D eigenvalue weighted by atomic mass is 10.2. The number of hydrazine groups is 1. The Morgan fingerprint density at radius 2 is 2.05 bits per heavy atom. The van der Waals surface area contributed by atoms with E-state index in [4.69, 9.17) is 11.1 Å². The molecule has 0 aliphatic heterocycles. The number of hydrogen-bond acceptors (Lipinski definition) is 6. The maximum absolute atomic E-state index is 13.5. The Kier molecular flexibility index (Phi) is 3.49. The Labute approximate surface area is 106 Å². The average Bonchev–Trinajstić information content (AvgIpc) is 2.41. The molecule has 0 aliphatic carbocycles. The summed E-state index contributed by atoms with van der Waals surface area (Å²) >= 11 is 0. The molecule has 0 saturated heterocycles. The summed E-state index contributed by atoms with van der Waals surface area (Å²) < 4.78 is 26.9. The van der Waals surface area contributed by atoms with Crippen LogP contribution in [0.2, 0.25) is 0 Å². The largest absolute Gasteiger partial charge is 0.336 e. The Bertz CT molecular complexity index is 652. The number of nitriles is 1. The van der Waals surface area contributed by atoms with E-state index in [-0.39, 0.29) is 23.0 Å². The molecule has 1 aromatic heterocycles. The van der Waals surface area contributed by atoms with Crippen LogP contribution in [0.5, 0.6) is 0 Å². The van der Waals surface area contributed by atoms with Gasteiger partial charge < -0.3 is 5.32 Å². The first kappa shape index (κ1) is 12.7. The lowest BCUT2D eigenvalue weighted by Gasteiger charge is -2.09. The minimum atomic E-state index is -0.757. The van der Waals surface area contributed by atoms with Gasteiger partial charge in [0.05, 0.1) is 11.9 Å². The lowest BCUT2D eigenvalue weighted by molar-refractivity contribution is 0.618. The van der Waals surface area contributed by atoms with Gasteiger partial charge in [0.1, 0.15) is 17.4 Å². The molecule has 1 aromatic carbocycles. The summed E-state index contributed by atoms with van der Waals surface area (Å²) in [6.45, 7) is 0. The number of halogens is 2. The first-order chi connectivity index (χ1) is 9.15. The first-order valence-electron chi connectivity index (χ1n) is 5.10. The Balaban J connectivity index is 2.42. The number of nitrogens with one attached hydrogen (secondary N) is 2. The third kappa shape index (κ3) is 2.56. The van der Waals surface area contributed by atoms with E-state index in [2.05, 4.69) is 20.7 Å². The average molecular weight is 262 g/mol. The summed E-state index contributed by atoms with van der Waals surface area (Å²) in [7, 11) is 0. The zero-order valence-corrected chi connectivity index (χ0v) is 9.48. The van der Waals surface area contributed by atoms with E-state index in [9.17, 15) is 8.78 Å². The third-order valence-corrected chi connectivity index (χ3v) is 2.25. The fraction of sp³-hybridized carbons (Fsp3) is 0. The molecule has 0 spiro atoms. The number of hydrogen-bond donors (Lipinski definition) is 3. The van der Waals surface area contributed by atoms with Gasteiger partial charge >= 0.3 is 0 Å². The molecule has 0 saturated carbocycles. The fourth-order valence-electron chi connectivity index (χ4n) is 1.39. The summed E-state index contributed by atoms with van der Waals surface area (Å²) in [6, 6.07) is 5.64. The van der Waals surface area contributed by atoms with Crippen molar-refractivity contribution in [2.45, 2.75) is 0 Å². The second kappa shape index (κ2) is 5.24. The predicted molar refractivity (Wildman–Crippen MR) is 64.2 cm³/mol. The van der Waals surface area contributed by atoms with Crippen molar-refractivity contribution in [3.05, 3.63) is 41.6 Å². The minimum absolute atomic E-state index is 0.0150. The molecular formula is C11H8F2N6. The topological polar surface area (TPSA) is 99.7 Å². The molecule has 19 heavy (non-hydrogen) atoms. The molecule has 4 N–H and O–H groups in total. The van der Waals surface area contributed by atoms with Crippen LogP contribution in [0.25, 0.3) is 0 Å². The molecule has 0 fully saturated rings. The van der Waals surface area contributed by atoms with Crippen LogP contribution in [0, 0.1) is 23.0 Å². The zero-order chi connectivity index (χ0) is 13.8. The maximum atomic E-state index is 13.5. The molecular weight excluding hydrogens is 254 g/mol. The van der Waals surface area contributed by atoms with Crippen LogP contribution in [0.3, 0.4) is 0 Å². The third-order valence-electron chi connectivity index (χ3n) is 2.25.